The molecule has 1 aliphatic heterocycles. The normalized spacial score (nSPS) is 14.0. The lowest BCUT2D eigenvalue weighted by atomic mass is 10.1. The maximum atomic E-state index is 13.3. The van der Waals surface area contributed by atoms with Gasteiger partial charge in [-0.15, -0.1) is 0 Å². The van der Waals surface area contributed by atoms with Gasteiger partial charge in [-0.25, -0.2) is 9.69 Å². The summed E-state index contributed by atoms with van der Waals surface area (Å²) in [6, 6.07) is 29.2. The molecule has 1 saturated heterocycles. The molecule has 9 heteroatoms. The zero-order valence-corrected chi connectivity index (χ0v) is 22.7. The lowest BCUT2D eigenvalue weighted by Crippen LogP contribution is -2.54. The highest BCUT2D eigenvalue weighted by Crippen LogP contribution is 2.25. The van der Waals surface area contributed by atoms with Crippen LogP contribution >= 0.6 is 0 Å². The van der Waals surface area contributed by atoms with Crippen LogP contribution in [0.1, 0.15) is 16.7 Å². The van der Waals surface area contributed by atoms with Crippen LogP contribution in [0.15, 0.2) is 109 Å². The van der Waals surface area contributed by atoms with E-state index in [2.05, 4.69) is 10.6 Å². The maximum Gasteiger partial charge on any atom is 0.335 e. The molecule has 5 amide bonds. The van der Waals surface area contributed by atoms with Crippen LogP contribution in [-0.4, -0.2) is 30.4 Å². The minimum atomic E-state index is -0.850. The third-order valence-corrected chi connectivity index (χ3v) is 6.40. The Hall–Kier alpha value is -5.70. The molecule has 0 aromatic heterocycles. The summed E-state index contributed by atoms with van der Waals surface area (Å²) in [6.45, 7) is 2.02. The molecule has 1 fully saturated rings. The fourth-order valence-electron chi connectivity index (χ4n) is 4.23. The van der Waals surface area contributed by atoms with Crippen molar-refractivity contribution in [3.05, 3.63) is 125 Å². The van der Waals surface area contributed by atoms with Crippen LogP contribution in [0.3, 0.4) is 0 Å². The smallest absolute Gasteiger partial charge is 0.335 e. The van der Waals surface area contributed by atoms with Gasteiger partial charge in [0.2, 0.25) is 0 Å². The number of nitrogens with zero attached hydrogens (tertiary/aromatic N) is 1. The molecule has 0 unspecified atom stereocenters. The zero-order chi connectivity index (χ0) is 29.5. The van der Waals surface area contributed by atoms with Crippen molar-refractivity contribution in [3.8, 4) is 11.5 Å². The monoisotopic (exact) mass is 561 g/mol. The van der Waals surface area contributed by atoms with Gasteiger partial charge >= 0.3 is 6.03 Å². The number of para-hydroxylation sites is 1. The van der Waals surface area contributed by atoms with Crippen molar-refractivity contribution < 1.29 is 28.7 Å². The van der Waals surface area contributed by atoms with Gasteiger partial charge in [0.25, 0.3) is 17.7 Å². The summed E-state index contributed by atoms with van der Waals surface area (Å²) in [5, 5.41) is 5.01. The molecule has 9 nitrogen and oxygen atoms in total. The highest BCUT2D eigenvalue weighted by atomic mass is 16.5. The number of hydrogen-bond donors (Lipinski definition) is 2. The molecule has 0 saturated carbocycles. The minimum Gasteiger partial charge on any atom is -0.489 e. The van der Waals surface area contributed by atoms with Gasteiger partial charge < -0.3 is 14.8 Å². The van der Waals surface area contributed by atoms with Crippen molar-refractivity contribution in [3.63, 3.8) is 0 Å². The van der Waals surface area contributed by atoms with Gasteiger partial charge in [0.05, 0.1) is 5.69 Å². The fraction of sp³-hybridized carbons (Fsp3) is 0.0909. The van der Waals surface area contributed by atoms with Gasteiger partial charge in [-0.1, -0.05) is 60.7 Å². The van der Waals surface area contributed by atoms with Crippen LogP contribution in [0.5, 0.6) is 11.5 Å². The van der Waals surface area contributed by atoms with Crippen molar-refractivity contribution in [1.82, 2.24) is 5.32 Å². The minimum absolute atomic E-state index is 0.228. The van der Waals surface area contributed by atoms with E-state index in [1.807, 2.05) is 55.5 Å². The van der Waals surface area contributed by atoms with Gasteiger partial charge in [0.1, 0.15) is 23.7 Å². The Morgan fingerprint density at radius 3 is 2.33 bits per heavy atom. The molecule has 0 radical (unpaired) electrons. The first-order chi connectivity index (χ1) is 20.4. The number of rotatable bonds is 9. The SMILES string of the molecule is Cc1ccccc1NC(=O)COc1cccc(/C=C2/C(=O)NC(=O)N(c3ccc(OCc4ccccc4)cc3)C2=O)c1. The number of urea groups is 1. The summed E-state index contributed by atoms with van der Waals surface area (Å²) < 4.78 is 11.4. The van der Waals surface area contributed by atoms with Crippen LogP contribution in [-0.2, 0) is 21.0 Å². The molecule has 0 spiro atoms. The van der Waals surface area contributed by atoms with E-state index < -0.39 is 17.8 Å². The van der Waals surface area contributed by atoms with Crippen molar-refractivity contribution in [1.29, 1.82) is 0 Å². The standard InChI is InChI=1S/C33H27N3O6/c1-22-8-5-6-13-29(22)34-30(37)21-42-27-12-7-11-24(18-27)19-28-31(38)35-33(40)36(32(28)39)25-14-16-26(17-15-25)41-20-23-9-3-2-4-10-23/h2-19H,20-21H2,1H3,(H,34,37)(H,35,38,40)/b28-19-. The van der Waals surface area contributed by atoms with Crippen LogP contribution in [0.4, 0.5) is 16.2 Å². The fourth-order valence-corrected chi connectivity index (χ4v) is 4.23. The average Bonchev–Trinajstić information content (AvgIpc) is 3.00. The number of amides is 5. The van der Waals surface area contributed by atoms with E-state index in [-0.39, 0.29) is 23.8 Å². The summed E-state index contributed by atoms with van der Waals surface area (Å²) in [6.07, 6.45) is 1.37. The molecule has 2 N–H and O–H groups in total. The summed E-state index contributed by atoms with van der Waals surface area (Å²) in [5.74, 6) is -0.991. The Morgan fingerprint density at radius 1 is 0.833 bits per heavy atom. The number of nitrogens with one attached hydrogen (secondary N) is 2. The van der Waals surface area contributed by atoms with Gasteiger partial charge in [0, 0.05) is 5.69 Å². The Labute approximate surface area is 242 Å². The Bertz CT molecular complexity index is 1660. The molecule has 4 aromatic rings. The molecule has 42 heavy (non-hydrogen) atoms. The Morgan fingerprint density at radius 2 is 1.57 bits per heavy atom. The number of aryl methyl sites for hydroxylation is 1. The van der Waals surface area contributed by atoms with Crippen molar-refractivity contribution >= 4 is 41.2 Å². The lowest BCUT2D eigenvalue weighted by molar-refractivity contribution is -0.122. The predicted molar refractivity (Wildman–Crippen MR) is 158 cm³/mol. The molecule has 210 valence electrons. The van der Waals surface area contributed by atoms with Gasteiger partial charge in [0.15, 0.2) is 6.61 Å². The number of anilines is 2. The van der Waals surface area contributed by atoms with Gasteiger partial charge in [-0.3, -0.25) is 19.7 Å². The molecule has 0 aliphatic carbocycles. The number of barbiturate groups is 1. The summed E-state index contributed by atoms with van der Waals surface area (Å²) in [7, 11) is 0. The van der Waals surface area contributed by atoms with E-state index in [1.54, 1.807) is 54.6 Å². The number of carbonyl (C=O) groups excluding carboxylic acids is 4. The Balaban J connectivity index is 1.26. The van der Waals surface area contributed by atoms with E-state index in [0.29, 0.717) is 29.4 Å². The molecular formula is C33H27N3O6. The predicted octanol–water partition coefficient (Wildman–Crippen LogP) is 5.26. The average molecular weight is 562 g/mol. The van der Waals surface area contributed by atoms with E-state index in [0.717, 1.165) is 16.0 Å². The van der Waals surface area contributed by atoms with Gasteiger partial charge in [-0.2, -0.15) is 0 Å². The second kappa shape index (κ2) is 12.6. The molecule has 4 aromatic carbocycles. The third kappa shape index (κ3) is 6.71. The number of hydrogen-bond acceptors (Lipinski definition) is 6. The van der Waals surface area contributed by atoms with Crippen LogP contribution < -0.4 is 25.0 Å². The van der Waals surface area contributed by atoms with Crippen LogP contribution in [0.2, 0.25) is 0 Å². The van der Waals surface area contributed by atoms with Gasteiger partial charge in [-0.05, 0) is 72.2 Å². The second-order valence-electron chi connectivity index (χ2n) is 9.45. The van der Waals surface area contributed by atoms with Crippen molar-refractivity contribution in [2.75, 3.05) is 16.8 Å². The molecule has 0 atom stereocenters. The third-order valence-electron chi connectivity index (χ3n) is 6.40. The summed E-state index contributed by atoms with van der Waals surface area (Å²) >= 11 is 0. The number of benzene rings is 4. The molecule has 1 heterocycles. The number of carbonyl (C=O) groups is 4. The zero-order valence-electron chi connectivity index (χ0n) is 22.7. The molecular weight excluding hydrogens is 534 g/mol. The van der Waals surface area contributed by atoms with E-state index in [4.69, 9.17) is 9.47 Å². The second-order valence-corrected chi connectivity index (χ2v) is 9.45. The first-order valence-electron chi connectivity index (χ1n) is 13.1. The summed E-state index contributed by atoms with van der Waals surface area (Å²) in [5.41, 5.74) is 3.15. The van der Waals surface area contributed by atoms with Crippen molar-refractivity contribution in [2.45, 2.75) is 13.5 Å². The first kappa shape index (κ1) is 27.9. The van der Waals surface area contributed by atoms with E-state index in [1.165, 1.54) is 6.08 Å². The van der Waals surface area contributed by atoms with Crippen LogP contribution in [0, 0.1) is 6.92 Å². The summed E-state index contributed by atoms with van der Waals surface area (Å²) in [4.78, 5) is 51.8. The first-order valence-corrected chi connectivity index (χ1v) is 13.1. The molecule has 1 aliphatic rings. The molecule has 0 bridgehead atoms. The van der Waals surface area contributed by atoms with Crippen molar-refractivity contribution in [2.24, 2.45) is 0 Å². The topological polar surface area (TPSA) is 114 Å². The van der Waals surface area contributed by atoms with E-state index in [9.17, 15) is 19.2 Å². The maximum absolute atomic E-state index is 13.3. The van der Waals surface area contributed by atoms with Crippen LogP contribution in [0.25, 0.3) is 6.08 Å². The largest absolute Gasteiger partial charge is 0.489 e. The highest BCUT2D eigenvalue weighted by Gasteiger charge is 2.36. The highest BCUT2D eigenvalue weighted by molar-refractivity contribution is 6.39. The Kier molecular flexibility index (Phi) is 8.39. The molecule has 5 rings (SSSR count). The van der Waals surface area contributed by atoms with E-state index >= 15 is 0 Å². The number of ether oxygens (including phenoxy) is 2. The lowest BCUT2D eigenvalue weighted by Gasteiger charge is -2.26. The number of imide groups is 2. The quantitative estimate of drug-likeness (QED) is 0.213.